The molecule has 0 bridgehead atoms. The molecular weight excluding hydrogens is 410 g/mol. The molecule has 5 N–H and O–H groups in total. The van der Waals surface area contributed by atoms with Gasteiger partial charge in [0.2, 0.25) is 5.95 Å². The highest BCUT2D eigenvalue weighted by atomic mass is 15.2. The van der Waals surface area contributed by atoms with Gasteiger partial charge in [0.15, 0.2) is 17.0 Å². The number of nitrogens with two attached hydrogens (primary N) is 2. The Morgan fingerprint density at radius 3 is 2.36 bits per heavy atom. The summed E-state index contributed by atoms with van der Waals surface area (Å²) in [4.78, 5) is 14.2. The van der Waals surface area contributed by atoms with Gasteiger partial charge in [-0.1, -0.05) is 54.6 Å². The van der Waals surface area contributed by atoms with Gasteiger partial charge in [-0.15, -0.1) is 0 Å². The van der Waals surface area contributed by atoms with E-state index in [0.29, 0.717) is 23.7 Å². The van der Waals surface area contributed by atoms with E-state index in [9.17, 15) is 0 Å². The molecule has 0 aliphatic heterocycles. The van der Waals surface area contributed by atoms with Gasteiger partial charge in [0.25, 0.3) is 0 Å². The van der Waals surface area contributed by atoms with Crippen LogP contribution in [0.25, 0.3) is 22.3 Å². The lowest BCUT2D eigenvalue weighted by Gasteiger charge is -2.15. The third-order valence-corrected chi connectivity index (χ3v) is 6.39. The van der Waals surface area contributed by atoms with Crippen LogP contribution in [0.15, 0.2) is 54.6 Å². The molecule has 2 aromatic heterocycles. The molecule has 0 radical (unpaired) electrons. The summed E-state index contributed by atoms with van der Waals surface area (Å²) < 4.78 is 2.17. The van der Waals surface area contributed by atoms with Crippen LogP contribution in [0.4, 0.5) is 11.8 Å². The van der Waals surface area contributed by atoms with Gasteiger partial charge >= 0.3 is 0 Å². The molecule has 1 aliphatic carbocycles. The number of anilines is 2. The van der Waals surface area contributed by atoms with Crippen molar-refractivity contribution in [1.29, 1.82) is 0 Å². The fraction of sp³-hybridized carbons (Fsp3) is 0.346. The van der Waals surface area contributed by atoms with Gasteiger partial charge in [-0.25, -0.2) is 4.98 Å². The second-order valence-corrected chi connectivity index (χ2v) is 9.25. The summed E-state index contributed by atoms with van der Waals surface area (Å²) in [6.07, 6.45) is 3.67. The van der Waals surface area contributed by atoms with E-state index >= 15 is 0 Å². The van der Waals surface area contributed by atoms with Gasteiger partial charge < -0.3 is 21.4 Å². The normalized spacial score (nSPS) is 18.3. The molecule has 1 fully saturated rings. The molecule has 7 nitrogen and oxygen atoms in total. The number of hydrogen-bond acceptors (Lipinski definition) is 6. The first-order chi connectivity index (χ1) is 16.0. The molecule has 2 atom stereocenters. The van der Waals surface area contributed by atoms with Crippen LogP contribution in [0.5, 0.6) is 0 Å². The molecule has 0 unspecified atom stereocenters. The first-order valence-corrected chi connectivity index (χ1v) is 11.7. The highest BCUT2D eigenvalue weighted by Gasteiger charge is 2.24. The smallest absolute Gasteiger partial charge is 0.226 e. The summed E-state index contributed by atoms with van der Waals surface area (Å²) in [5.41, 5.74) is 17.4. The maximum atomic E-state index is 6.33. The van der Waals surface area contributed by atoms with Crippen LogP contribution in [0.3, 0.4) is 0 Å². The minimum atomic E-state index is 0.190. The highest BCUT2D eigenvalue weighted by Crippen LogP contribution is 2.28. The molecule has 7 heteroatoms. The molecule has 170 valence electrons. The fourth-order valence-corrected chi connectivity index (χ4v) is 4.73. The molecule has 5 rings (SSSR count). The van der Waals surface area contributed by atoms with Crippen molar-refractivity contribution >= 4 is 22.9 Å². The zero-order valence-corrected chi connectivity index (χ0v) is 19.2. The van der Waals surface area contributed by atoms with Crippen LogP contribution >= 0.6 is 0 Å². The van der Waals surface area contributed by atoms with E-state index in [2.05, 4.69) is 77.2 Å². The lowest BCUT2D eigenvalue weighted by molar-refractivity contribution is 0.587. The Kier molecular flexibility index (Phi) is 5.72. The third-order valence-electron chi connectivity index (χ3n) is 6.39. The average Bonchev–Trinajstić information content (AvgIpc) is 3.38. The summed E-state index contributed by atoms with van der Waals surface area (Å²) in [5.74, 6) is 1.90. The van der Waals surface area contributed by atoms with E-state index < -0.39 is 0 Å². The first-order valence-electron chi connectivity index (χ1n) is 11.7. The third kappa shape index (κ3) is 4.41. The van der Waals surface area contributed by atoms with Crippen molar-refractivity contribution in [3.63, 3.8) is 0 Å². The minimum absolute atomic E-state index is 0.190. The quantitative estimate of drug-likeness (QED) is 0.405. The summed E-state index contributed by atoms with van der Waals surface area (Å²) in [5, 5.41) is 3.43. The second kappa shape index (κ2) is 8.83. The van der Waals surface area contributed by atoms with Crippen molar-refractivity contribution in [2.75, 3.05) is 11.1 Å². The highest BCUT2D eigenvalue weighted by molar-refractivity contribution is 5.83. The number of nitrogens with zero attached hydrogens (tertiary/aromatic N) is 4. The zero-order chi connectivity index (χ0) is 22.9. The molecule has 1 saturated carbocycles. The van der Waals surface area contributed by atoms with Crippen LogP contribution in [0.1, 0.15) is 50.5 Å². The first kappa shape index (κ1) is 21.4. The number of imidazole rings is 1. The van der Waals surface area contributed by atoms with Crippen LogP contribution < -0.4 is 16.8 Å². The number of nitrogen functional groups attached to an aromatic ring is 1. The van der Waals surface area contributed by atoms with Gasteiger partial charge in [0.1, 0.15) is 5.82 Å². The number of nitrogens with one attached hydrogen (secondary N) is 1. The van der Waals surface area contributed by atoms with Gasteiger partial charge in [-0.3, -0.25) is 0 Å². The SMILES string of the molecule is CC(C)n1c(Cc2ccc(-c3ccccc3)cc2)nc2c(N)nc(N[C@H]3CC[C@H](N)C3)nc21. The number of aromatic nitrogens is 4. The number of rotatable bonds is 6. The Labute approximate surface area is 194 Å². The van der Waals surface area contributed by atoms with Gasteiger partial charge in [0.05, 0.1) is 0 Å². The van der Waals surface area contributed by atoms with Crippen molar-refractivity contribution < 1.29 is 0 Å². The van der Waals surface area contributed by atoms with E-state index in [1.165, 1.54) is 16.7 Å². The van der Waals surface area contributed by atoms with Crippen LogP contribution in [-0.2, 0) is 6.42 Å². The zero-order valence-electron chi connectivity index (χ0n) is 19.2. The van der Waals surface area contributed by atoms with Gasteiger partial charge in [0, 0.05) is 24.5 Å². The lowest BCUT2D eigenvalue weighted by atomic mass is 10.0. The van der Waals surface area contributed by atoms with Gasteiger partial charge in [-0.05, 0) is 49.8 Å². The minimum Gasteiger partial charge on any atom is -0.382 e. The molecule has 2 aromatic carbocycles. The Bertz CT molecular complexity index is 1250. The second-order valence-electron chi connectivity index (χ2n) is 9.25. The van der Waals surface area contributed by atoms with Crippen molar-refractivity contribution in [2.24, 2.45) is 5.73 Å². The van der Waals surface area contributed by atoms with Crippen LogP contribution in [-0.4, -0.2) is 31.6 Å². The Balaban J connectivity index is 1.45. The molecule has 0 spiro atoms. The van der Waals surface area contributed by atoms with Crippen molar-refractivity contribution in [3.8, 4) is 11.1 Å². The molecule has 2 heterocycles. The number of hydrogen-bond donors (Lipinski definition) is 3. The van der Waals surface area contributed by atoms with Gasteiger partial charge in [-0.2, -0.15) is 9.97 Å². The van der Waals surface area contributed by atoms with E-state index in [0.717, 1.165) is 30.7 Å². The predicted octanol–water partition coefficient (Wildman–Crippen LogP) is 4.54. The molecule has 1 aliphatic rings. The predicted molar refractivity (Wildman–Crippen MR) is 134 cm³/mol. The molecule has 4 aromatic rings. The Morgan fingerprint density at radius 1 is 0.970 bits per heavy atom. The number of fused-ring (bicyclic) bond motifs is 1. The van der Waals surface area contributed by atoms with E-state index in [4.69, 9.17) is 21.4 Å². The van der Waals surface area contributed by atoms with Crippen molar-refractivity contribution in [2.45, 2.75) is 57.7 Å². The summed E-state index contributed by atoms with van der Waals surface area (Å²) >= 11 is 0. The maximum Gasteiger partial charge on any atom is 0.226 e. The maximum absolute atomic E-state index is 6.33. The average molecular weight is 442 g/mol. The van der Waals surface area contributed by atoms with E-state index in [1.807, 2.05) is 6.07 Å². The molecule has 33 heavy (non-hydrogen) atoms. The topological polar surface area (TPSA) is 108 Å². The fourth-order valence-electron chi connectivity index (χ4n) is 4.73. The van der Waals surface area contributed by atoms with Crippen molar-refractivity contribution in [1.82, 2.24) is 19.5 Å². The van der Waals surface area contributed by atoms with Crippen LogP contribution in [0, 0.1) is 0 Å². The van der Waals surface area contributed by atoms with E-state index in [1.54, 1.807) is 0 Å². The Hall–Kier alpha value is -3.45. The van der Waals surface area contributed by atoms with Crippen molar-refractivity contribution in [3.05, 3.63) is 66.0 Å². The molecular formula is C26H31N7. The standard InChI is InChI=1S/C26H31N7/c1-16(2)33-22(14-17-8-10-19(11-9-17)18-6-4-3-5-7-18)30-23-24(28)31-26(32-25(23)33)29-21-13-12-20(27)15-21/h3-11,16,20-21H,12-15,27H2,1-2H3,(H3,28,29,31,32)/t20-,21-/m0/s1. The summed E-state index contributed by atoms with van der Waals surface area (Å²) in [6, 6.07) is 19.8. The number of benzene rings is 2. The van der Waals surface area contributed by atoms with Crippen LogP contribution in [0.2, 0.25) is 0 Å². The molecule has 0 amide bonds. The molecule has 0 saturated heterocycles. The van der Waals surface area contributed by atoms with E-state index in [-0.39, 0.29) is 18.1 Å². The lowest BCUT2D eigenvalue weighted by Crippen LogP contribution is -2.22. The largest absolute Gasteiger partial charge is 0.382 e. The Morgan fingerprint density at radius 2 is 1.70 bits per heavy atom. The summed E-state index contributed by atoms with van der Waals surface area (Å²) in [7, 11) is 0. The monoisotopic (exact) mass is 441 g/mol. The summed E-state index contributed by atoms with van der Waals surface area (Å²) in [6.45, 7) is 4.29.